The van der Waals surface area contributed by atoms with E-state index in [0.717, 1.165) is 25.7 Å². The number of rotatable bonds is 12. The zero-order valence-corrected chi connectivity index (χ0v) is 17.7. The number of hydrogen-bond donors (Lipinski definition) is 0. The van der Waals surface area contributed by atoms with Crippen molar-refractivity contribution in [3.63, 3.8) is 0 Å². The molecular weight excluding hydrogens is 316 g/mol. The van der Waals surface area contributed by atoms with Crippen LogP contribution in [0.1, 0.15) is 93.9 Å². The maximum Gasteiger partial charge on any atom is 0.323 e. The van der Waals surface area contributed by atoms with Gasteiger partial charge in [-0.25, -0.2) is 0 Å². The maximum atomic E-state index is 12.9. The van der Waals surface area contributed by atoms with Crippen LogP contribution in [0.2, 0.25) is 0 Å². The standard InChI is InChI=1S/C21H40O4/c1-15(2)11-9-10-13-21(14-12-16(3)4,19(22)24-17(5)6)20(23)25-18(7)8/h15-18H,9-14H2,1-8H3. The Morgan fingerprint density at radius 2 is 1.12 bits per heavy atom. The third-order valence-electron chi connectivity index (χ3n) is 4.25. The van der Waals surface area contributed by atoms with E-state index in [0.29, 0.717) is 24.7 Å². The molecule has 25 heavy (non-hydrogen) atoms. The number of carbonyl (C=O) groups excluding carboxylic acids is 2. The molecule has 0 amide bonds. The molecule has 0 aromatic heterocycles. The Hall–Kier alpha value is -1.06. The van der Waals surface area contributed by atoms with Gasteiger partial charge in [-0.3, -0.25) is 9.59 Å². The molecule has 0 heterocycles. The molecule has 4 nitrogen and oxygen atoms in total. The van der Waals surface area contributed by atoms with Gasteiger partial charge in [-0.2, -0.15) is 0 Å². The molecule has 0 N–H and O–H groups in total. The van der Waals surface area contributed by atoms with Crippen LogP contribution in [-0.4, -0.2) is 24.1 Å². The van der Waals surface area contributed by atoms with Crippen molar-refractivity contribution in [2.24, 2.45) is 17.3 Å². The van der Waals surface area contributed by atoms with Crippen LogP contribution < -0.4 is 0 Å². The van der Waals surface area contributed by atoms with Crippen LogP contribution >= 0.6 is 0 Å². The van der Waals surface area contributed by atoms with Crippen LogP contribution in [-0.2, 0) is 19.1 Å². The molecule has 0 bridgehead atoms. The molecule has 148 valence electrons. The second kappa shape index (κ2) is 11.5. The van der Waals surface area contributed by atoms with Crippen LogP contribution in [0.15, 0.2) is 0 Å². The van der Waals surface area contributed by atoms with Crippen LogP contribution in [0.4, 0.5) is 0 Å². The summed E-state index contributed by atoms with van der Waals surface area (Å²) in [6, 6.07) is 0. The summed E-state index contributed by atoms with van der Waals surface area (Å²) >= 11 is 0. The van der Waals surface area contributed by atoms with Gasteiger partial charge in [-0.15, -0.1) is 0 Å². The lowest BCUT2D eigenvalue weighted by atomic mass is 9.76. The van der Waals surface area contributed by atoms with Crippen molar-refractivity contribution in [1.29, 1.82) is 0 Å². The minimum atomic E-state index is -1.17. The van der Waals surface area contributed by atoms with Gasteiger partial charge in [-0.05, 0) is 58.8 Å². The maximum absolute atomic E-state index is 12.9. The van der Waals surface area contributed by atoms with Crippen LogP contribution in [0.3, 0.4) is 0 Å². The largest absolute Gasteiger partial charge is 0.462 e. The predicted octanol–water partition coefficient (Wildman–Crippen LogP) is 5.53. The zero-order valence-electron chi connectivity index (χ0n) is 17.7. The molecule has 0 aliphatic rings. The van der Waals surface area contributed by atoms with Gasteiger partial charge in [0.25, 0.3) is 0 Å². The Morgan fingerprint density at radius 3 is 1.48 bits per heavy atom. The molecule has 0 rings (SSSR count). The highest BCUT2D eigenvalue weighted by Crippen LogP contribution is 2.36. The van der Waals surface area contributed by atoms with Crippen molar-refractivity contribution < 1.29 is 19.1 Å². The van der Waals surface area contributed by atoms with E-state index >= 15 is 0 Å². The second-order valence-electron chi connectivity index (χ2n) is 8.56. The summed E-state index contributed by atoms with van der Waals surface area (Å²) in [5.41, 5.74) is -1.17. The Kier molecular flexibility index (Phi) is 11.0. The van der Waals surface area contributed by atoms with E-state index in [-0.39, 0.29) is 12.2 Å². The first kappa shape index (κ1) is 23.9. The summed E-state index contributed by atoms with van der Waals surface area (Å²) in [6.45, 7) is 15.8. The molecule has 0 aliphatic carbocycles. The summed E-state index contributed by atoms with van der Waals surface area (Å²) in [7, 11) is 0. The van der Waals surface area contributed by atoms with E-state index in [1.54, 1.807) is 0 Å². The first-order valence-electron chi connectivity index (χ1n) is 9.93. The van der Waals surface area contributed by atoms with Gasteiger partial charge in [0.1, 0.15) is 0 Å². The van der Waals surface area contributed by atoms with Crippen molar-refractivity contribution >= 4 is 11.9 Å². The number of ether oxygens (including phenoxy) is 2. The summed E-state index contributed by atoms with van der Waals surface area (Å²) in [4.78, 5) is 25.8. The highest BCUT2D eigenvalue weighted by molar-refractivity contribution is 6.00. The number of carbonyl (C=O) groups is 2. The van der Waals surface area contributed by atoms with Gasteiger partial charge >= 0.3 is 11.9 Å². The molecule has 4 heteroatoms. The molecule has 0 aliphatic heterocycles. The van der Waals surface area contributed by atoms with E-state index in [1.165, 1.54) is 0 Å². The Morgan fingerprint density at radius 1 is 0.680 bits per heavy atom. The van der Waals surface area contributed by atoms with Gasteiger partial charge in [0.2, 0.25) is 0 Å². The molecular formula is C21H40O4. The van der Waals surface area contributed by atoms with Gasteiger partial charge in [0, 0.05) is 0 Å². The lowest BCUT2D eigenvalue weighted by Crippen LogP contribution is -2.44. The van der Waals surface area contributed by atoms with Gasteiger partial charge in [0.15, 0.2) is 5.41 Å². The molecule has 0 fully saturated rings. The monoisotopic (exact) mass is 356 g/mol. The first-order chi connectivity index (χ1) is 11.5. The predicted molar refractivity (Wildman–Crippen MR) is 102 cm³/mol. The summed E-state index contributed by atoms with van der Waals surface area (Å²) in [5.74, 6) is 0.195. The third kappa shape index (κ3) is 9.27. The first-order valence-corrected chi connectivity index (χ1v) is 9.93. The molecule has 0 saturated heterocycles. The minimum absolute atomic E-state index is 0.242. The van der Waals surface area contributed by atoms with Gasteiger partial charge in [-0.1, -0.05) is 47.0 Å². The molecule has 0 saturated carbocycles. The normalized spacial score (nSPS) is 12.3. The Balaban J connectivity index is 5.44. The minimum Gasteiger partial charge on any atom is -0.462 e. The van der Waals surface area contributed by atoms with Crippen molar-refractivity contribution in [3.05, 3.63) is 0 Å². The number of unbranched alkanes of at least 4 members (excludes halogenated alkanes) is 1. The molecule has 0 unspecified atom stereocenters. The highest BCUT2D eigenvalue weighted by Gasteiger charge is 2.48. The SMILES string of the molecule is CC(C)CCCCC(CCC(C)C)(C(=O)OC(C)C)C(=O)OC(C)C. The van der Waals surface area contributed by atoms with E-state index in [9.17, 15) is 9.59 Å². The van der Waals surface area contributed by atoms with E-state index in [4.69, 9.17) is 9.47 Å². The van der Waals surface area contributed by atoms with Crippen molar-refractivity contribution in [3.8, 4) is 0 Å². The molecule has 0 aromatic carbocycles. The van der Waals surface area contributed by atoms with E-state index in [1.807, 2.05) is 27.7 Å². The molecule has 0 spiro atoms. The molecule has 0 aromatic rings. The lowest BCUT2D eigenvalue weighted by molar-refractivity contribution is -0.178. The number of hydrogen-bond acceptors (Lipinski definition) is 4. The average molecular weight is 357 g/mol. The summed E-state index contributed by atoms with van der Waals surface area (Å²) in [5, 5.41) is 0. The average Bonchev–Trinajstić information content (AvgIpc) is 2.44. The third-order valence-corrected chi connectivity index (χ3v) is 4.25. The van der Waals surface area contributed by atoms with Crippen molar-refractivity contribution in [2.75, 3.05) is 0 Å². The number of esters is 2. The van der Waals surface area contributed by atoms with Crippen LogP contribution in [0, 0.1) is 17.3 Å². The van der Waals surface area contributed by atoms with Crippen LogP contribution in [0.25, 0.3) is 0 Å². The van der Waals surface area contributed by atoms with Crippen molar-refractivity contribution in [1.82, 2.24) is 0 Å². The second-order valence-corrected chi connectivity index (χ2v) is 8.56. The van der Waals surface area contributed by atoms with Gasteiger partial charge in [0.05, 0.1) is 12.2 Å². The Bertz CT molecular complexity index is 375. The van der Waals surface area contributed by atoms with Crippen molar-refractivity contribution in [2.45, 2.75) is 106 Å². The summed E-state index contributed by atoms with van der Waals surface area (Å²) < 4.78 is 11.0. The smallest absolute Gasteiger partial charge is 0.323 e. The molecule has 0 atom stereocenters. The fourth-order valence-corrected chi connectivity index (χ4v) is 2.78. The zero-order chi connectivity index (χ0) is 19.6. The quantitative estimate of drug-likeness (QED) is 0.262. The van der Waals surface area contributed by atoms with E-state index < -0.39 is 17.4 Å². The lowest BCUT2D eigenvalue weighted by Gasteiger charge is -2.31. The van der Waals surface area contributed by atoms with E-state index in [2.05, 4.69) is 27.7 Å². The van der Waals surface area contributed by atoms with Crippen LogP contribution in [0.5, 0.6) is 0 Å². The topological polar surface area (TPSA) is 52.6 Å². The highest BCUT2D eigenvalue weighted by atomic mass is 16.6. The Labute approximate surface area is 155 Å². The fraction of sp³-hybridized carbons (Fsp3) is 0.905. The van der Waals surface area contributed by atoms with Gasteiger partial charge < -0.3 is 9.47 Å². The summed E-state index contributed by atoms with van der Waals surface area (Å²) in [6.07, 6.45) is 4.24. The fourth-order valence-electron chi connectivity index (χ4n) is 2.78. The molecule has 0 radical (unpaired) electrons.